The molecule has 0 amide bonds. The smallest absolute Gasteiger partial charge is 0.0559 e. The van der Waals surface area contributed by atoms with E-state index in [1.165, 1.54) is 18.7 Å². The summed E-state index contributed by atoms with van der Waals surface area (Å²) in [5.74, 6) is 0.585. The first kappa shape index (κ1) is 12.6. The van der Waals surface area contributed by atoms with Gasteiger partial charge < -0.3 is 5.73 Å². The normalized spacial score (nSPS) is 25.6. The van der Waals surface area contributed by atoms with Gasteiger partial charge in [0.1, 0.15) is 0 Å². The fraction of sp³-hybridized carbons (Fsp3) is 0.769. The van der Waals surface area contributed by atoms with Crippen molar-refractivity contribution in [2.75, 3.05) is 19.6 Å². The SMILES string of the molecule is CCCn1nccc1C1C(CN)CCN1CC. The Morgan fingerprint density at radius 1 is 1.47 bits per heavy atom. The number of hydrogen-bond donors (Lipinski definition) is 1. The first-order valence-corrected chi connectivity index (χ1v) is 6.77. The molecule has 0 aromatic carbocycles. The molecule has 0 bridgehead atoms. The fourth-order valence-electron chi connectivity index (χ4n) is 2.95. The number of rotatable bonds is 5. The van der Waals surface area contributed by atoms with Crippen molar-refractivity contribution in [1.29, 1.82) is 0 Å². The Labute approximate surface area is 104 Å². The van der Waals surface area contributed by atoms with Crippen LogP contribution in [0.5, 0.6) is 0 Å². The van der Waals surface area contributed by atoms with Crippen LogP contribution in [0.1, 0.15) is 38.4 Å². The minimum absolute atomic E-state index is 0.471. The fourth-order valence-corrected chi connectivity index (χ4v) is 2.95. The molecule has 2 heterocycles. The first-order chi connectivity index (χ1) is 8.31. The monoisotopic (exact) mass is 236 g/mol. The highest BCUT2D eigenvalue weighted by Crippen LogP contribution is 2.36. The lowest BCUT2D eigenvalue weighted by Crippen LogP contribution is -2.30. The third kappa shape index (κ3) is 2.38. The van der Waals surface area contributed by atoms with Crippen LogP contribution < -0.4 is 5.73 Å². The van der Waals surface area contributed by atoms with E-state index in [0.29, 0.717) is 12.0 Å². The Kier molecular flexibility index (Phi) is 4.18. The molecule has 4 heteroatoms. The largest absolute Gasteiger partial charge is 0.330 e. The van der Waals surface area contributed by atoms with Gasteiger partial charge in [-0.25, -0.2) is 0 Å². The first-order valence-electron chi connectivity index (χ1n) is 6.77. The average Bonchev–Trinajstić information content (AvgIpc) is 2.94. The standard InChI is InChI=1S/C13H24N4/c1-3-8-17-12(5-7-15-17)13-11(10-14)6-9-16(13)4-2/h5,7,11,13H,3-4,6,8-10,14H2,1-2H3. The van der Waals surface area contributed by atoms with Crippen LogP contribution in [0.15, 0.2) is 12.3 Å². The molecular formula is C13H24N4. The molecule has 2 atom stereocenters. The molecule has 1 aromatic heterocycles. The predicted octanol–water partition coefficient (Wildman–Crippen LogP) is 1.63. The zero-order chi connectivity index (χ0) is 12.3. The van der Waals surface area contributed by atoms with Crippen LogP contribution in [-0.4, -0.2) is 34.3 Å². The molecule has 4 nitrogen and oxygen atoms in total. The molecule has 96 valence electrons. The molecule has 0 aliphatic carbocycles. The molecule has 1 aliphatic rings. The van der Waals surface area contributed by atoms with Gasteiger partial charge in [-0.3, -0.25) is 9.58 Å². The molecule has 0 saturated carbocycles. The summed E-state index contributed by atoms with van der Waals surface area (Å²) in [5.41, 5.74) is 7.26. The van der Waals surface area contributed by atoms with E-state index in [9.17, 15) is 0 Å². The van der Waals surface area contributed by atoms with Crippen molar-refractivity contribution >= 4 is 0 Å². The van der Waals surface area contributed by atoms with E-state index in [-0.39, 0.29) is 0 Å². The van der Waals surface area contributed by atoms with Crippen molar-refractivity contribution in [2.24, 2.45) is 11.7 Å². The van der Waals surface area contributed by atoms with E-state index >= 15 is 0 Å². The molecule has 1 fully saturated rings. The van der Waals surface area contributed by atoms with Crippen LogP contribution in [0.2, 0.25) is 0 Å². The van der Waals surface area contributed by atoms with E-state index in [2.05, 4.69) is 34.6 Å². The third-order valence-corrected chi connectivity index (χ3v) is 3.82. The van der Waals surface area contributed by atoms with Crippen molar-refractivity contribution in [2.45, 2.75) is 39.3 Å². The van der Waals surface area contributed by atoms with Crippen LogP contribution in [0.4, 0.5) is 0 Å². The van der Waals surface area contributed by atoms with Gasteiger partial charge in [0.2, 0.25) is 0 Å². The van der Waals surface area contributed by atoms with Crippen molar-refractivity contribution in [3.63, 3.8) is 0 Å². The van der Waals surface area contributed by atoms with Crippen molar-refractivity contribution in [1.82, 2.24) is 14.7 Å². The predicted molar refractivity (Wildman–Crippen MR) is 69.7 cm³/mol. The lowest BCUT2D eigenvalue weighted by atomic mass is 9.97. The number of aryl methyl sites for hydroxylation is 1. The summed E-state index contributed by atoms with van der Waals surface area (Å²) >= 11 is 0. The van der Waals surface area contributed by atoms with Gasteiger partial charge in [-0.2, -0.15) is 5.10 Å². The molecule has 0 radical (unpaired) electrons. The second-order valence-corrected chi connectivity index (χ2v) is 4.84. The summed E-state index contributed by atoms with van der Waals surface area (Å²) < 4.78 is 2.15. The number of likely N-dealkylation sites (tertiary alicyclic amines) is 1. The highest BCUT2D eigenvalue weighted by atomic mass is 15.3. The quantitative estimate of drug-likeness (QED) is 0.845. The summed E-state index contributed by atoms with van der Waals surface area (Å²) in [7, 11) is 0. The Balaban J connectivity index is 2.25. The Hall–Kier alpha value is -0.870. The van der Waals surface area contributed by atoms with E-state index in [1.54, 1.807) is 0 Å². The summed E-state index contributed by atoms with van der Waals surface area (Å²) in [4.78, 5) is 2.53. The molecule has 17 heavy (non-hydrogen) atoms. The maximum absolute atomic E-state index is 5.91. The number of aromatic nitrogens is 2. The van der Waals surface area contributed by atoms with E-state index < -0.39 is 0 Å². The van der Waals surface area contributed by atoms with Crippen LogP contribution in [0.25, 0.3) is 0 Å². The number of nitrogens with two attached hydrogens (primary N) is 1. The van der Waals surface area contributed by atoms with Gasteiger partial charge in [0.25, 0.3) is 0 Å². The van der Waals surface area contributed by atoms with Crippen LogP contribution >= 0.6 is 0 Å². The van der Waals surface area contributed by atoms with Gasteiger partial charge >= 0.3 is 0 Å². The summed E-state index contributed by atoms with van der Waals surface area (Å²) in [6.45, 7) is 8.47. The minimum Gasteiger partial charge on any atom is -0.330 e. The van der Waals surface area contributed by atoms with Gasteiger partial charge in [-0.05, 0) is 44.5 Å². The second-order valence-electron chi connectivity index (χ2n) is 4.84. The Morgan fingerprint density at radius 3 is 2.94 bits per heavy atom. The van der Waals surface area contributed by atoms with Gasteiger partial charge in [-0.15, -0.1) is 0 Å². The van der Waals surface area contributed by atoms with E-state index in [0.717, 1.165) is 26.1 Å². The van der Waals surface area contributed by atoms with Gasteiger partial charge in [0.15, 0.2) is 0 Å². The lowest BCUT2D eigenvalue weighted by Gasteiger charge is -2.27. The highest BCUT2D eigenvalue weighted by molar-refractivity contribution is 5.11. The van der Waals surface area contributed by atoms with Gasteiger partial charge in [0.05, 0.1) is 11.7 Å². The molecular weight excluding hydrogens is 212 g/mol. The van der Waals surface area contributed by atoms with E-state index in [1.807, 2.05) is 6.20 Å². The zero-order valence-electron chi connectivity index (χ0n) is 11.0. The average molecular weight is 236 g/mol. The molecule has 2 N–H and O–H groups in total. The molecule has 0 spiro atoms. The topological polar surface area (TPSA) is 47.1 Å². The molecule has 2 rings (SSSR count). The lowest BCUT2D eigenvalue weighted by molar-refractivity contribution is 0.229. The summed E-state index contributed by atoms with van der Waals surface area (Å²) in [6.07, 6.45) is 4.26. The molecule has 1 saturated heterocycles. The van der Waals surface area contributed by atoms with Crippen LogP contribution in [0.3, 0.4) is 0 Å². The zero-order valence-corrected chi connectivity index (χ0v) is 11.0. The van der Waals surface area contributed by atoms with Crippen LogP contribution in [-0.2, 0) is 6.54 Å². The van der Waals surface area contributed by atoms with Gasteiger partial charge in [0, 0.05) is 12.7 Å². The summed E-state index contributed by atoms with van der Waals surface area (Å²) in [5, 5.41) is 4.44. The second kappa shape index (κ2) is 5.65. The van der Waals surface area contributed by atoms with Crippen molar-refractivity contribution in [3.05, 3.63) is 18.0 Å². The highest BCUT2D eigenvalue weighted by Gasteiger charge is 2.35. The Morgan fingerprint density at radius 2 is 2.29 bits per heavy atom. The van der Waals surface area contributed by atoms with Crippen LogP contribution in [0, 0.1) is 5.92 Å². The third-order valence-electron chi connectivity index (χ3n) is 3.82. The van der Waals surface area contributed by atoms with Crippen molar-refractivity contribution in [3.8, 4) is 0 Å². The molecule has 1 aliphatic heterocycles. The molecule has 2 unspecified atom stereocenters. The minimum atomic E-state index is 0.471. The molecule has 1 aromatic rings. The Bertz CT molecular complexity index is 335. The number of hydrogen-bond acceptors (Lipinski definition) is 3. The van der Waals surface area contributed by atoms with Crippen molar-refractivity contribution < 1.29 is 0 Å². The number of nitrogens with zero attached hydrogens (tertiary/aromatic N) is 3. The van der Waals surface area contributed by atoms with E-state index in [4.69, 9.17) is 5.73 Å². The maximum Gasteiger partial charge on any atom is 0.0559 e. The van der Waals surface area contributed by atoms with Gasteiger partial charge in [-0.1, -0.05) is 13.8 Å². The summed E-state index contributed by atoms with van der Waals surface area (Å²) in [6, 6.07) is 2.64. The maximum atomic E-state index is 5.91.